The van der Waals surface area contributed by atoms with Crippen LogP contribution in [0.4, 0.5) is 0 Å². The molecule has 2 rings (SSSR count). The highest BCUT2D eigenvalue weighted by molar-refractivity contribution is 7.78. The van der Waals surface area contributed by atoms with Crippen LogP contribution in [0.15, 0.2) is 35.3 Å². The fourth-order valence-corrected chi connectivity index (χ4v) is 2.20. The summed E-state index contributed by atoms with van der Waals surface area (Å²) >= 11 is 4.60. The first-order valence-electron chi connectivity index (χ1n) is 6.51. The Balaban J connectivity index is 2.15. The van der Waals surface area contributed by atoms with Crippen molar-refractivity contribution in [1.82, 2.24) is 0 Å². The Morgan fingerprint density at radius 1 is 1.19 bits per heavy atom. The minimum absolute atomic E-state index is 0.679. The zero-order chi connectivity index (χ0) is 15.4. The minimum atomic E-state index is -1.39. The van der Waals surface area contributed by atoms with Crippen LogP contribution < -0.4 is 0 Å². The van der Waals surface area contributed by atoms with Gasteiger partial charge in [0.05, 0.1) is 11.3 Å². The van der Waals surface area contributed by atoms with Crippen LogP contribution >= 0.6 is 12.2 Å². The molecule has 1 heterocycles. The van der Waals surface area contributed by atoms with E-state index in [1.54, 1.807) is 19.1 Å². The summed E-state index contributed by atoms with van der Waals surface area (Å²) in [5.41, 5.74) is 0.707. The summed E-state index contributed by atoms with van der Waals surface area (Å²) in [6.07, 6.45) is -6.53. The van der Waals surface area contributed by atoms with Gasteiger partial charge in [0.2, 0.25) is 0 Å². The summed E-state index contributed by atoms with van der Waals surface area (Å²) in [6, 6.07) is 9.03. The molecule has 0 amide bonds. The first-order chi connectivity index (χ1) is 10.0. The van der Waals surface area contributed by atoms with Crippen molar-refractivity contribution in [3.05, 3.63) is 35.9 Å². The van der Waals surface area contributed by atoms with Gasteiger partial charge in [-0.2, -0.15) is 4.99 Å². The Morgan fingerprint density at radius 3 is 2.48 bits per heavy atom. The fourth-order valence-electron chi connectivity index (χ4n) is 2.10. The number of hydrogen-bond acceptors (Lipinski definition) is 7. The van der Waals surface area contributed by atoms with Gasteiger partial charge in [-0.05, 0) is 19.1 Å². The van der Waals surface area contributed by atoms with E-state index >= 15 is 0 Å². The third-order valence-electron chi connectivity index (χ3n) is 3.33. The van der Waals surface area contributed by atoms with Crippen LogP contribution in [-0.4, -0.2) is 51.2 Å². The maximum Gasteiger partial charge on any atom is 0.189 e. The lowest BCUT2D eigenvalue weighted by molar-refractivity contribution is -0.304. The van der Waals surface area contributed by atoms with Gasteiger partial charge < -0.3 is 24.8 Å². The molecular weight excluding hydrogens is 294 g/mol. The van der Waals surface area contributed by atoms with Gasteiger partial charge in [0.25, 0.3) is 0 Å². The summed E-state index contributed by atoms with van der Waals surface area (Å²) < 4.78 is 11.0. The number of isothiocyanates is 1. The van der Waals surface area contributed by atoms with Gasteiger partial charge >= 0.3 is 0 Å². The molecule has 0 radical (unpaired) electrons. The monoisotopic (exact) mass is 311 g/mol. The van der Waals surface area contributed by atoms with E-state index in [-0.39, 0.29) is 0 Å². The molecule has 21 heavy (non-hydrogen) atoms. The number of hydrogen-bond donors (Lipinski definition) is 3. The molecule has 6 nitrogen and oxygen atoms in total. The lowest BCUT2D eigenvalue weighted by Crippen LogP contribution is -2.57. The van der Waals surface area contributed by atoms with Crippen molar-refractivity contribution in [2.45, 2.75) is 43.9 Å². The van der Waals surface area contributed by atoms with Crippen LogP contribution in [0.2, 0.25) is 0 Å². The smallest absolute Gasteiger partial charge is 0.189 e. The maximum atomic E-state index is 9.94. The maximum absolute atomic E-state index is 9.94. The Kier molecular flexibility index (Phi) is 5.55. The topological polar surface area (TPSA) is 91.5 Å². The number of aliphatic hydroxyl groups excluding tert-OH is 3. The largest absolute Gasteiger partial charge is 0.388 e. The third kappa shape index (κ3) is 3.72. The highest BCUT2D eigenvalue weighted by atomic mass is 32.1. The first kappa shape index (κ1) is 16.2. The summed E-state index contributed by atoms with van der Waals surface area (Å²) in [5.74, 6) is 0. The summed E-state index contributed by atoms with van der Waals surface area (Å²) in [5, 5.41) is 31.6. The Hall–Kier alpha value is -1.18. The van der Waals surface area contributed by atoms with Crippen LogP contribution in [0.1, 0.15) is 18.7 Å². The Morgan fingerprint density at radius 2 is 1.86 bits per heavy atom. The summed E-state index contributed by atoms with van der Waals surface area (Å²) in [4.78, 5) is 3.90. The van der Waals surface area contributed by atoms with E-state index in [4.69, 9.17) is 9.47 Å². The minimum Gasteiger partial charge on any atom is -0.388 e. The van der Waals surface area contributed by atoms with Crippen molar-refractivity contribution in [2.24, 2.45) is 4.99 Å². The first-order valence-corrected chi connectivity index (χ1v) is 6.92. The number of aliphatic hydroxyl groups is 3. The number of rotatable bonds is 4. The second-order valence-corrected chi connectivity index (χ2v) is 4.98. The number of nitrogens with zero attached hydrogens (tertiary/aromatic N) is 1. The van der Waals surface area contributed by atoms with E-state index in [1.807, 2.05) is 18.2 Å². The van der Waals surface area contributed by atoms with Crippen LogP contribution in [0.3, 0.4) is 0 Å². The number of thiocarbonyl (C=S) groups is 1. The molecule has 7 heteroatoms. The van der Waals surface area contributed by atoms with Crippen LogP contribution in [0.5, 0.6) is 0 Å². The molecule has 6 atom stereocenters. The number of ether oxygens (including phenoxy) is 2. The lowest BCUT2D eigenvalue weighted by Gasteiger charge is -2.39. The molecular formula is C14H17NO5S. The van der Waals surface area contributed by atoms with Crippen molar-refractivity contribution in [2.75, 3.05) is 0 Å². The molecule has 1 aromatic rings. The normalized spacial score (nSPS) is 34.0. The van der Waals surface area contributed by atoms with E-state index < -0.39 is 36.9 Å². The van der Waals surface area contributed by atoms with Gasteiger partial charge in [-0.25, -0.2) is 0 Å². The molecule has 0 spiro atoms. The molecule has 1 aromatic carbocycles. The van der Waals surface area contributed by atoms with E-state index in [1.165, 1.54) is 0 Å². The second kappa shape index (κ2) is 7.20. The van der Waals surface area contributed by atoms with Gasteiger partial charge in [0.1, 0.15) is 18.3 Å². The molecule has 1 aliphatic rings. The Bertz CT molecular complexity index is 507. The highest BCUT2D eigenvalue weighted by Gasteiger charge is 2.43. The molecule has 2 unspecified atom stereocenters. The molecule has 1 aliphatic heterocycles. The molecule has 0 aliphatic carbocycles. The van der Waals surface area contributed by atoms with Crippen molar-refractivity contribution in [1.29, 1.82) is 0 Å². The summed E-state index contributed by atoms with van der Waals surface area (Å²) in [6.45, 7) is 1.58. The van der Waals surface area contributed by atoms with E-state index in [9.17, 15) is 15.3 Å². The second-order valence-electron chi connectivity index (χ2n) is 4.80. The van der Waals surface area contributed by atoms with Crippen molar-refractivity contribution in [3.8, 4) is 0 Å². The molecule has 0 saturated carbocycles. The van der Waals surface area contributed by atoms with E-state index in [0.29, 0.717) is 5.56 Å². The quantitative estimate of drug-likeness (QED) is 0.558. The SMILES string of the molecule is C[C@H]1OC(OC(N=C=S)c2ccccc2)[C@@H](O)[C@@H](O)[C@@H]1O. The fraction of sp³-hybridized carbons (Fsp3) is 0.500. The van der Waals surface area contributed by atoms with E-state index in [0.717, 1.165) is 0 Å². The third-order valence-corrected chi connectivity index (χ3v) is 3.43. The Labute approximate surface area is 127 Å². The molecule has 1 fully saturated rings. The number of benzene rings is 1. The molecule has 0 aromatic heterocycles. The molecule has 0 bridgehead atoms. The predicted molar refractivity (Wildman–Crippen MR) is 77.6 cm³/mol. The average Bonchev–Trinajstić information content (AvgIpc) is 2.50. The highest BCUT2D eigenvalue weighted by Crippen LogP contribution is 2.27. The van der Waals surface area contributed by atoms with Gasteiger partial charge in [-0.3, -0.25) is 0 Å². The lowest BCUT2D eigenvalue weighted by atomic mass is 10.00. The zero-order valence-corrected chi connectivity index (χ0v) is 12.2. The number of aliphatic imine (C=N–C) groups is 1. The molecule has 3 N–H and O–H groups in total. The van der Waals surface area contributed by atoms with E-state index in [2.05, 4.69) is 22.4 Å². The van der Waals surface area contributed by atoms with Gasteiger partial charge in [-0.15, -0.1) is 0 Å². The van der Waals surface area contributed by atoms with Gasteiger partial charge in [0.15, 0.2) is 12.5 Å². The zero-order valence-electron chi connectivity index (χ0n) is 11.4. The standard InChI is InChI=1S/C14H17NO5S/c1-8-10(16)11(17)12(18)14(19-8)20-13(15-7-21)9-5-3-2-4-6-9/h2-6,8,10-14,16-18H,1H3/t8-,10-,11+,12+,13?,14?/m1/s1. The van der Waals surface area contributed by atoms with Crippen LogP contribution in [0.25, 0.3) is 0 Å². The van der Waals surface area contributed by atoms with Crippen LogP contribution in [-0.2, 0) is 9.47 Å². The summed E-state index contributed by atoms with van der Waals surface area (Å²) in [7, 11) is 0. The van der Waals surface area contributed by atoms with Gasteiger partial charge in [-0.1, -0.05) is 30.3 Å². The van der Waals surface area contributed by atoms with Gasteiger partial charge in [0, 0.05) is 5.56 Å². The van der Waals surface area contributed by atoms with Crippen molar-refractivity contribution >= 4 is 17.4 Å². The van der Waals surface area contributed by atoms with Crippen LogP contribution in [0, 0.1) is 0 Å². The predicted octanol–water partition coefficient (Wildman–Crippen LogP) is 0.632. The molecule has 1 saturated heterocycles. The van der Waals surface area contributed by atoms with Crippen molar-refractivity contribution < 1.29 is 24.8 Å². The van der Waals surface area contributed by atoms with Crippen molar-refractivity contribution in [3.63, 3.8) is 0 Å². The average molecular weight is 311 g/mol. The molecule has 114 valence electrons.